The molecule has 4 heteroatoms. The number of nitrogens with zero attached hydrogens (tertiary/aromatic N) is 2. The summed E-state index contributed by atoms with van der Waals surface area (Å²) in [6.45, 7) is 3.95. The summed E-state index contributed by atoms with van der Waals surface area (Å²) in [6.07, 6.45) is 2.24. The molecule has 3 aromatic rings. The molecule has 1 fully saturated rings. The van der Waals surface area contributed by atoms with Gasteiger partial charge in [-0.05, 0) is 42.8 Å². The fourth-order valence-corrected chi connectivity index (χ4v) is 4.30. The molecule has 1 amide bonds. The zero-order valence-corrected chi connectivity index (χ0v) is 14.1. The van der Waals surface area contributed by atoms with Crippen molar-refractivity contribution in [3.8, 4) is 0 Å². The molecule has 1 atom stereocenters. The maximum atomic E-state index is 13.0. The summed E-state index contributed by atoms with van der Waals surface area (Å²) < 4.78 is 3.40. The molecule has 1 aromatic carbocycles. The zero-order valence-electron chi connectivity index (χ0n) is 13.2. The lowest BCUT2D eigenvalue weighted by Crippen LogP contribution is -2.30. The van der Waals surface area contributed by atoms with E-state index in [0.717, 1.165) is 37.1 Å². The lowest BCUT2D eigenvalue weighted by atomic mass is 10.1. The maximum absolute atomic E-state index is 13.0. The van der Waals surface area contributed by atoms with Gasteiger partial charge in [0.1, 0.15) is 5.69 Å². The van der Waals surface area contributed by atoms with Gasteiger partial charge < -0.3 is 9.47 Å². The second-order valence-corrected chi connectivity index (χ2v) is 7.10. The van der Waals surface area contributed by atoms with Crippen molar-refractivity contribution in [1.82, 2.24) is 9.47 Å². The largest absolute Gasteiger partial charge is 0.337 e. The van der Waals surface area contributed by atoms with Crippen LogP contribution in [0.1, 0.15) is 41.9 Å². The van der Waals surface area contributed by atoms with Crippen LogP contribution in [0.2, 0.25) is 0 Å². The topological polar surface area (TPSA) is 25.2 Å². The van der Waals surface area contributed by atoms with Gasteiger partial charge in [-0.25, -0.2) is 0 Å². The van der Waals surface area contributed by atoms with E-state index in [2.05, 4.69) is 53.3 Å². The van der Waals surface area contributed by atoms with E-state index >= 15 is 0 Å². The quantitative estimate of drug-likeness (QED) is 0.694. The molecule has 2 aromatic heterocycles. The molecule has 3 nitrogen and oxygen atoms in total. The average molecular weight is 324 g/mol. The van der Waals surface area contributed by atoms with E-state index in [-0.39, 0.29) is 11.9 Å². The Bertz CT molecular complexity index is 828. The van der Waals surface area contributed by atoms with Crippen molar-refractivity contribution in [2.24, 2.45) is 0 Å². The van der Waals surface area contributed by atoms with E-state index < -0.39 is 0 Å². The predicted molar refractivity (Wildman–Crippen MR) is 95.2 cm³/mol. The molecule has 1 aliphatic rings. The van der Waals surface area contributed by atoms with Crippen molar-refractivity contribution < 1.29 is 4.79 Å². The van der Waals surface area contributed by atoms with Gasteiger partial charge in [0.25, 0.3) is 5.91 Å². The highest BCUT2D eigenvalue weighted by Crippen LogP contribution is 2.32. The molecule has 118 valence electrons. The number of benzene rings is 1. The van der Waals surface area contributed by atoms with Crippen LogP contribution in [0.15, 0.2) is 47.8 Å². The van der Waals surface area contributed by atoms with Crippen LogP contribution in [0.4, 0.5) is 0 Å². The molecular weight excluding hydrogens is 304 g/mol. The third-order valence-corrected chi connectivity index (χ3v) is 5.60. The molecule has 1 aliphatic heterocycles. The molecule has 0 spiro atoms. The Hall–Kier alpha value is -2.07. The van der Waals surface area contributed by atoms with E-state index in [0.29, 0.717) is 0 Å². The monoisotopic (exact) mass is 324 g/mol. The Labute approximate surface area is 140 Å². The second kappa shape index (κ2) is 5.85. The van der Waals surface area contributed by atoms with Gasteiger partial charge in [0.15, 0.2) is 0 Å². The zero-order chi connectivity index (χ0) is 15.8. The number of carbonyl (C=O) groups excluding carboxylic acids is 1. The number of thiophene rings is 1. The second-order valence-electron chi connectivity index (χ2n) is 6.16. The minimum absolute atomic E-state index is 0.143. The molecule has 3 heterocycles. The number of fused-ring (bicyclic) bond motifs is 1. The SMILES string of the molecule is CC(c1ccccc1)n1c(C(=O)N2CCCC2)cc2sccc21. The Morgan fingerprint density at radius 1 is 1.13 bits per heavy atom. The first kappa shape index (κ1) is 14.5. The van der Waals surface area contributed by atoms with Gasteiger partial charge in [0.05, 0.1) is 16.3 Å². The molecular formula is C19H20N2OS. The van der Waals surface area contributed by atoms with Gasteiger partial charge in [-0.3, -0.25) is 4.79 Å². The molecule has 0 aliphatic carbocycles. The molecule has 0 saturated carbocycles. The lowest BCUT2D eigenvalue weighted by molar-refractivity contribution is 0.0781. The third kappa shape index (κ3) is 2.47. The van der Waals surface area contributed by atoms with Crippen LogP contribution in [0, 0.1) is 0 Å². The Kier molecular flexibility index (Phi) is 3.69. The van der Waals surface area contributed by atoms with Crippen molar-refractivity contribution in [3.63, 3.8) is 0 Å². The summed E-state index contributed by atoms with van der Waals surface area (Å²) in [5.41, 5.74) is 3.21. The van der Waals surface area contributed by atoms with Crippen LogP contribution in [0.3, 0.4) is 0 Å². The molecule has 1 saturated heterocycles. The Balaban J connectivity index is 1.82. The molecule has 0 bridgehead atoms. The summed E-state index contributed by atoms with van der Waals surface area (Å²) in [4.78, 5) is 15.0. The minimum Gasteiger partial charge on any atom is -0.337 e. The summed E-state index contributed by atoms with van der Waals surface area (Å²) in [6, 6.07) is 14.7. The van der Waals surface area contributed by atoms with E-state index in [4.69, 9.17) is 0 Å². The average Bonchev–Trinajstić information content (AvgIpc) is 3.30. The van der Waals surface area contributed by atoms with Gasteiger partial charge >= 0.3 is 0 Å². The smallest absolute Gasteiger partial charge is 0.270 e. The lowest BCUT2D eigenvalue weighted by Gasteiger charge is -2.21. The normalized spacial score (nSPS) is 16.1. The minimum atomic E-state index is 0.143. The van der Waals surface area contributed by atoms with Crippen molar-refractivity contribution in [2.45, 2.75) is 25.8 Å². The van der Waals surface area contributed by atoms with E-state index in [1.54, 1.807) is 11.3 Å². The number of likely N-dealkylation sites (tertiary alicyclic amines) is 1. The highest BCUT2D eigenvalue weighted by atomic mass is 32.1. The number of aromatic nitrogens is 1. The Morgan fingerprint density at radius 2 is 1.87 bits per heavy atom. The van der Waals surface area contributed by atoms with Crippen molar-refractivity contribution in [2.75, 3.05) is 13.1 Å². The van der Waals surface area contributed by atoms with Crippen molar-refractivity contribution in [3.05, 3.63) is 59.1 Å². The van der Waals surface area contributed by atoms with Crippen LogP contribution in [-0.2, 0) is 0 Å². The fourth-order valence-electron chi connectivity index (χ4n) is 3.49. The Morgan fingerprint density at radius 3 is 2.61 bits per heavy atom. The molecule has 23 heavy (non-hydrogen) atoms. The first-order chi connectivity index (χ1) is 11.3. The van der Waals surface area contributed by atoms with Crippen LogP contribution in [0.5, 0.6) is 0 Å². The van der Waals surface area contributed by atoms with Crippen LogP contribution in [0.25, 0.3) is 10.2 Å². The van der Waals surface area contributed by atoms with E-state index in [9.17, 15) is 4.79 Å². The van der Waals surface area contributed by atoms with Gasteiger partial charge in [-0.2, -0.15) is 0 Å². The van der Waals surface area contributed by atoms with Crippen LogP contribution >= 0.6 is 11.3 Å². The first-order valence-corrected chi connectivity index (χ1v) is 9.06. The highest BCUT2D eigenvalue weighted by Gasteiger charge is 2.26. The molecule has 0 radical (unpaired) electrons. The maximum Gasteiger partial charge on any atom is 0.270 e. The van der Waals surface area contributed by atoms with Crippen molar-refractivity contribution >= 4 is 27.5 Å². The first-order valence-electron chi connectivity index (χ1n) is 8.18. The summed E-state index contributed by atoms with van der Waals surface area (Å²) in [5.74, 6) is 0.175. The molecule has 1 unspecified atom stereocenters. The summed E-state index contributed by atoms with van der Waals surface area (Å²) in [7, 11) is 0. The molecule has 4 rings (SSSR count). The van der Waals surface area contributed by atoms with Gasteiger partial charge in [-0.15, -0.1) is 11.3 Å². The highest BCUT2D eigenvalue weighted by molar-refractivity contribution is 7.17. The summed E-state index contributed by atoms with van der Waals surface area (Å²) in [5, 5.41) is 2.10. The van der Waals surface area contributed by atoms with E-state index in [1.807, 2.05) is 11.0 Å². The number of carbonyl (C=O) groups is 1. The fraction of sp³-hybridized carbons (Fsp3) is 0.316. The third-order valence-electron chi connectivity index (χ3n) is 4.74. The number of hydrogen-bond acceptors (Lipinski definition) is 2. The van der Waals surface area contributed by atoms with Gasteiger partial charge in [0.2, 0.25) is 0 Å². The number of amides is 1. The van der Waals surface area contributed by atoms with E-state index in [1.165, 1.54) is 10.3 Å². The molecule has 0 N–H and O–H groups in total. The van der Waals surface area contributed by atoms with Gasteiger partial charge in [0, 0.05) is 13.1 Å². The van der Waals surface area contributed by atoms with Crippen LogP contribution in [-0.4, -0.2) is 28.5 Å². The standard InChI is InChI=1S/C19H20N2OS/c1-14(15-7-3-2-4-8-15)21-16-9-12-23-18(16)13-17(21)19(22)20-10-5-6-11-20/h2-4,7-9,12-14H,5-6,10-11H2,1H3. The van der Waals surface area contributed by atoms with Gasteiger partial charge in [-0.1, -0.05) is 30.3 Å². The predicted octanol–water partition coefficient (Wildman–Crippen LogP) is 4.55. The summed E-state index contributed by atoms with van der Waals surface area (Å²) >= 11 is 1.70. The number of rotatable bonds is 3. The number of hydrogen-bond donors (Lipinski definition) is 0. The van der Waals surface area contributed by atoms with Crippen LogP contribution < -0.4 is 0 Å². The van der Waals surface area contributed by atoms with Crippen molar-refractivity contribution in [1.29, 1.82) is 0 Å².